The lowest BCUT2D eigenvalue weighted by Gasteiger charge is -2.29. The zero-order valence-corrected chi connectivity index (χ0v) is 14.4. The SMILES string of the molecule is COc1cc(NC(=O)C2CC(C)=C(C)CC2C(=O)O)cc(OC)c1. The lowest BCUT2D eigenvalue weighted by Crippen LogP contribution is -2.36. The molecule has 0 radical (unpaired) electrons. The van der Waals surface area contributed by atoms with Gasteiger partial charge in [-0.3, -0.25) is 9.59 Å². The van der Waals surface area contributed by atoms with Crippen molar-refractivity contribution in [3.8, 4) is 11.5 Å². The topological polar surface area (TPSA) is 84.9 Å². The predicted molar refractivity (Wildman–Crippen MR) is 90.4 cm³/mol. The molecule has 1 aliphatic carbocycles. The molecule has 2 atom stereocenters. The molecule has 6 nitrogen and oxygen atoms in total. The third-order valence-corrected chi connectivity index (χ3v) is 4.54. The minimum atomic E-state index is -0.940. The van der Waals surface area contributed by atoms with E-state index in [2.05, 4.69) is 5.32 Å². The zero-order valence-electron chi connectivity index (χ0n) is 14.4. The van der Waals surface area contributed by atoms with Gasteiger partial charge < -0.3 is 19.9 Å². The number of carboxylic acid groups (broad SMARTS) is 1. The van der Waals surface area contributed by atoms with E-state index in [1.165, 1.54) is 14.2 Å². The first-order valence-electron chi connectivity index (χ1n) is 7.77. The van der Waals surface area contributed by atoms with Crippen LogP contribution in [0.1, 0.15) is 26.7 Å². The molecular weight excluding hydrogens is 310 g/mol. The second kappa shape index (κ2) is 7.38. The Labute approximate surface area is 141 Å². The quantitative estimate of drug-likeness (QED) is 0.809. The summed E-state index contributed by atoms with van der Waals surface area (Å²) in [6, 6.07) is 5.05. The van der Waals surface area contributed by atoms with Gasteiger partial charge in [0.2, 0.25) is 5.91 Å². The lowest BCUT2D eigenvalue weighted by atomic mass is 9.76. The van der Waals surface area contributed by atoms with Crippen LogP contribution < -0.4 is 14.8 Å². The number of carbonyl (C=O) groups excluding carboxylic acids is 1. The number of hydrogen-bond donors (Lipinski definition) is 2. The fraction of sp³-hybridized carbons (Fsp3) is 0.444. The molecule has 0 saturated carbocycles. The Morgan fingerprint density at radius 2 is 1.50 bits per heavy atom. The van der Waals surface area contributed by atoms with E-state index in [0.717, 1.165) is 11.1 Å². The normalized spacial score (nSPS) is 20.5. The van der Waals surface area contributed by atoms with Gasteiger partial charge in [-0.25, -0.2) is 0 Å². The number of nitrogens with one attached hydrogen (secondary N) is 1. The fourth-order valence-electron chi connectivity index (χ4n) is 2.94. The number of aliphatic carboxylic acids is 1. The Morgan fingerprint density at radius 3 is 1.96 bits per heavy atom. The van der Waals surface area contributed by atoms with Crippen molar-refractivity contribution in [3.05, 3.63) is 29.3 Å². The molecule has 0 aromatic heterocycles. The number of amides is 1. The molecule has 0 fully saturated rings. The van der Waals surface area contributed by atoms with Crippen LogP contribution in [0.3, 0.4) is 0 Å². The Bertz CT molecular complexity index is 658. The molecule has 2 N–H and O–H groups in total. The summed E-state index contributed by atoms with van der Waals surface area (Å²) in [7, 11) is 3.05. The van der Waals surface area contributed by atoms with Crippen molar-refractivity contribution in [3.63, 3.8) is 0 Å². The smallest absolute Gasteiger partial charge is 0.307 e. The van der Waals surface area contributed by atoms with Crippen LogP contribution in [0.15, 0.2) is 29.3 Å². The summed E-state index contributed by atoms with van der Waals surface area (Å²) in [6.45, 7) is 3.87. The van der Waals surface area contributed by atoms with E-state index in [4.69, 9.17) is 9.47 Å². The van der Waals surface area contributed by atoms with Crippen LogP contribution in [-0.4, -0.2) is 31.2 Å². The highest BCUT2D eigenvalue weighted by molar-refractivity contribution is 5.96. The summed E-state index contributed by atoms with van der Waals surface area (Å²) in [5, 5.41) is 12.2. The molecule has 1 aliphatic rings. The minimum Gasteiger partial charge on any atom is -0.497 e. The summed E-state index contributed by atoms with van der Waals surface area (Å²) in [5.41, 5.74) is 2.65. The van der Waals surface area contributed by atoms with Crippen molar-refractivity contribution in [1.29, 1.82) is 0 Å². The van der Waals surface area contributed by atoms with Gasteiger partial charge in [-0.1, -0.05) is 11.1 Å². The zero-order chi connectivity index (χ0) is 17.9. The number of methoxy groups -OCH3 is 2. The first-order chi connectivity index (χ1) is 11.3. The van der Waals surface area contributed by atoms with Crippen LogP contribution in [0.5, 0.6) is 11.5 Å². The van der Waals surface area contributed by atoms with E-state index >= 15 is 0 Å². The molecule has 6 heteroatoms. The highest BCUT2D eigenvalue weighted by Gasteiger charge is 2.37. The Kier molecular flexibility index (Phi) is 5.49. The number of carbonyl (C=O) groups is 2. The number of ether oxygens (including phenoxy) is 2. The Morgan fingerprint density at radius 1 is 1.00 bits per heavy atom. The molecule has 0 bridgehead atoms. The maximum Gasteiger partial charge on any atom is 0.307 e. The number of benzene rings is 1. The molecule has 0 heterocycles. The molecule has 2 rings (SSSR count). The number of hydrogen-bond acceptors (Lipinski definition) is 4. The maximum absolute atomic E-state index is 12.7. The third kappa shape index (κ3) is 3.88. The van der Waals surface area contributed by atoms with Gasteiger partial charge in [0.1, 0.15) is 11.5 Å². The van der Waals surface area contributed by atoms with Gasteiger partial charge in [-0.2, -0.15) is 0 Å². The van der Waals surface area contributed by atoms with Gasteiger partial charge in [0.15, 0.2) is 0 Å². The van der Waals surface area contributed by atoms with Crippen LogP contribution in [0.2, 0.25) is 0 Å². The number of carboxylic acids is 1. The van der Waals surface area contributed by atoms with Gasteiger partial charge in [0, 0.05) is 23.9 Å². The van der Waals surface area contributed by atoms with Gasteiger partial charge in [0.05, 0.1) is 26.1 Å². The molecule has 1 aromatic carbocycles. The van der Waals surface area contributed by atoms with E-state index in [9.17, 15) is 14.7 Å². The van der Waals surface area contributed by atoms with Crippen molar-refractivity contribution in [1.82, 2.24) is 0 Å². The van der Waals surface area contributed by atoms with Crippen LogP contribution >= 0.6 is 0 Å². The predicted octanol–water partition coefficient (Wildman–Crippen LogP) is 3.09. The molecule has 0 aliphatic heterocycles. The molecule has 0 saturated heterocycles. The number of anilines is 1. The first-order valence-corrected chi connectivity index (χ1v) is 7.77. The Hall–Kier alpha value is -2.50. The monoisotopic (exact) mass is 333 g/mol. The van der Waals surface area contributed by atoms with E-state index in [1.54, 1.807) is 18.2 Å². The molecule has 2 unspecified atom stereocenters. The summed E-state index contributed by atoms with van der Waals surface area (Å²) in [4.78, 5) is 24.2. The summed E-state index contributed by atoms with van der Waals surface area (Å²) < 4.78 is 10.4. The van der Waals surface area contributed by atoms with E-state index in [1.807, 2.05) is 13.8 Å². The summed E-state index contributed by atoms with van der Waals surface area (Å²) >= 11 is 0. The fourth-order valence-corrected chi connectivity index (χ4v) is 2.94. The van der Waals surface area contributed by atoms with Crippen LogP contribution in [-0.2, 0) is 9.59 Å². The van der Waals surface area contributed by atoms with Crippen LogP contribution in [0.4, 0.5) is 5.69 Å². The first kappa shape index (κ1) is 17.8. The van der Waals surface area contributed by atoms with Crippen molar-refractivity contribution in [2.45, 2.75) is 26.7 Å². The van der Waals surface area contributed by atoms with Crippen LogP contribution in [0.25, 0.3) is 0 Å². The molecular formula is C18H23NO5. The van der Waals surface area contributed by atoms with E-state index < -0.39 is 17.8 Å². The molecule has 1 amide bonds. The van der Waals surface area contributed by atoms with Crippen LogP contribution in [0, 0.1) is 11.8 Å². The van der Waals surface area contributed by atoms with Gasteiger partial charge in [-0.05, 0) is 26.7 Å². The Balaban J connectivity index is 2.23. The summed E-state index contributed by atoms with van der Waals surface area (Å²) in [6.07, 6.45) is 0.858. The van der Waals surface area contributed by atoms with Gasteiger partial charge in [0.25, 0.3) is 0 Å². The number of rotatable bonds is 5. The summed E-state index contributed by atoms with van der Waals surface area (Å²) in [5.74, 6) is -1.44. The standard InChI is InChI=1S/C18H23NO5/c1-10-5-15(16(18(21)22)6-11(10)2)17(20)19-12-7-13(23-3)9-14(8-12)24-4/h7-9,15-16H,5-6H2,1-4H3,(H,19,20)(H,21,22). The molecule has 130 valence electrons. The van der Waals surface area contributed by atoms with Crippen molar-refractivity contribution < 1.29 is 24.2 Å². The number of allylic oxidation sites excluding steroid dienone is 2. The van der Waals surface area contributed by atoms with Gasteiger partial charge in [-0.15, -0.1) is 0 Å². The minimum absolute atomic E-state index is 0.301. The maximum atomic E-state index is 12.7. The highest BCUT2D eigenvalue weighted by Crippen LogP contribution is 2.35. The molecule has 0 spiro atoms. The second-order valence-electron chi connectivity index (χ2n) is 6.11. The van der Waals surface area contributed by atoms with Crippen molar-refractivity contribution >= 4 is 17.6 Å². The highest BCUT2D eigenvalue weighted by atomic mass is 16.5. The van der Waals surface area contributed by atoms with Crippen molar-refractivity contribution in [2.24, 2.45) is 11.8 Å². The average molecular weight is 333 g/mol. The molecule has 24 heavy (non-hydrogen) atoms. The van der Waals surface area contributed by atoms with E-state index in [0.29, 0.717) is 30.0 Å². The third-order valence-electron chi connectivity index (χ3n) is 4.54. The second-order valence-corrected chi connectivity index (χ2v) is 6.11. The van der Waals surface area contributed by atoms with Crippen molar-refractivity contribution in [2.75, 3.05) is 19.5 Å². The lowest BCUT2D eigenvalue weighted by molar-refractivity contribution is -0.146. The molecule has 1 aromatic rings. The average Bonchev–Trinajstić information content (AvgIpc) is 2.56. The van der Waals surface area contributed by atoms with E-state index in [-0.39, 0.29) is 5.91 Å². The largest absolute Gasteiger partial charge is 0.497 e. The van der Waals surface area contributed by atoms with Gasteiger partial charge >= 0.3 is 5.97 Å².